The molecule has 86 valence electrons. The van der Waals surface area contributed by atoms with Crippen LogP contribution in [0.25, 0.3) is 0 Å². The second kappa shape index (κ2) is 6.41. The third kappa shape index (κ3) is 10.0. The van der Waals surface area contributed by atoms with E-state index >= 15 is 0 Å². The fraction of sp³-hybridized carbons (Fsp3) is 1.00. The van der Waals surface area contributed by atoms with Gasteiger partial charge in [0.1, 0.15) is 0 Å². The van der Waals surface area contributed by atoms with E-state index in [2.05, 4.69) is 26.1 Å². The fourth-order valence-corrected chi connectivity index (χ4v) is 1.38. The molecule has 0 aliphatic rings. The summed E-state index contributed by atoms with van der Waals surface area (Å²) in [6, 6.07) is 0.569. The Bertz CT molecular complexity index is 138. The molecule has 0 aliphatic carbocycles. The van der Waals surface area contributed by atoms with E-state index in [1.807, 2.05) is 13.8 Å². The molecule has 2 heteroatoms. The van der Waals surface area contributed by atoms with Crippen molar-refractivity contribution in [3.8, 4) is 0 Å². The normalized spacial score (nSPS) is 14.8. The molecule has 14 heavy (non-hydrogen) atoms. The van der Waals surface area contributed by atoms with E-state index in [0.717, 1.165) is 25.8 Å². The highest BCUT2D eigenvalue weighted by Gasteiger charge is 2.12. The zero-order chi connectivity index (χ0) is 11.2. The van der Waals surface area contributed by atoms with Gasteiger partial charge in [0.2, 0.25) is 0 Å². The average Bonchev–Trinajstić information content (AvgIpc) is 1.98. The van der Waals surface area contributed by atoms with Crippen molar-refractivity contribution in [1.29, 1.82) is 0 Å². The van der Waals surface area contributed by atoms with Gasteiger partial charge in [0.15, 0.2) is 0 Å². The molecule has 0 fully saturated rings. The summed E-state index contributed by atoms with van der Waals surface area (Å²) in [7, 11) is 0. The fourth-order valence-electron chi connectivity index (χ4n) is 1.38. The predicted molar refractivity (Wildman–Crippen MR) is 62.5 cm³/mol. The standard InChI is InChI=1S/C12H27NO/c1-10(2)9-13-11(3)7-6-8-12(4,5)14/h10-11,13-14H,6-9H2,1-5H3/t11-/m1/s1. The van der Waals surface area contributed by atoms with Gasteiger partial charge in [0, 0.05) is 6.04 Å². The van der Waals surface area contributed by atoms with Gasteiger partial charge >= 0.3 is 0 Å². The van der Waals surface area contributed by atoms with Gasteiger partial charge in [0.25, 0.3) is 0 Å². The number of hydrogen-bond donors (Lipinski definition) is 2. The minimum Gasteiger partial charge on any atom is -0.390 e. The molecule has 0 aromatic heterocycles. The molecule has 0 radical (unpaired) electrons. The molecule has 0 aromatic carbocycles. The van der Waals surface area contributed by atoms with Gasteiger partial charge in [-0.25, -0.2) is 0 Å². The Hall–Kier alpha value is -0.0800. The zero-order valence-corrected chi connectivity index (χ0v) is 10.4. The SMILES string of the molecule is CC(C)CN[C@H](C)CCCC(C)(C)O. The summed E-state index contributed by atoms with van der Waals surface area (Å²) in [6.07, 6.45) is 3.13. The summed E-state index contributed by atoms with van der Waals surface area (Å²) >= 11 is 0. The quantitative estimate of drug-likeness (QED) is 0.663. The van der Waals surface area contributed by atoms with Crippen molar-refractivity contribution in [3.63, 3.8) is 0 Å². The van der Waals surface area contributed by atoms with Crippen molar-refractivity contribution >= 4 is 0 Å². The van der Waals surface area contributed by atoms with Crippen LogP contribution in [0.2, 0.25) is 0 Å². The minimum absolute atomic E-state index is 0.502. The van der Waals surface area contributed by atoms with Crippen molar-refractivity contribution in [2.45, 2.75) is 65.5 Å². The first kappa shape index (κ1) is 13.9. The third-order valence-corrected chi connectivity index (χ3v) is 2.30. The first-order valence-corrected chi connectivity index (χ1v) is 5.77. The summed E-state index contributed by atoms with van der Waals surface area (Å²) in [5.41, 5.74) is -0.502. The lowest BCUT2D eigenvalue weighted by Gasteiger charge is -2.19. The van der Waals surface area contributed by atoms with E-state index in [9.17, 15) is 5.11 Å². The van der Waals surface area contributed by atoms with Gasteiger partial charge in [0.05, 0.1) is 5.60 Å². The predicted octanol–water partition coefficient (Wildman–Crippen LogP) is 2.56. The molecular formula is C12H27NO. The van der Waals surface area contributed by atoms with Crippen LogP contribution in [0.5, 0.6) is 0 Å². The first-order valence-electron chi connectivity index (χ1n) is 5.77. The van der Waals surface area contributed by atoms with E-state index in [0.29, 0.717) is 12.0 Å². The van der Waals surface area contributed by atoms with E-state index in [1.54, 1.807) is 0 Å². The van der Waals surface area contributed by atoms with Crippen LogP contribution in [0, 0.1) is 5.92 Å². The number of rotatable bonds is 7. The second-order valence-corrected chi connectivity index (χ2v) is 5.41. The Kier molecular flexibility index (Phi) is 6.38. The summed E-state index contributed by atoms with van der Waals surface area (Å²) in [5.74, 6) is 0.715. The molecule has 0 aliphatic heterocycles. The van der Waals surface area contributed by atoms with Crippen LogP contribution in [0.3, 0.4) is 0 Å². The number of hydrogen-bond acceptors (Lipinski definition) is 2. The zero-order valence-electron chi connectivity index (χ0n) is 10.4. The lowest BCUT2D eigenvalue weighted by atomic mass is 9.99. The van der Waals surface area contributed by atoms with Crippen LogP contribution >= 0.6 is 0 Å². The molecule has 0 bridgehead atoms. The molecule has 0 rings (SSSR count). The maximum absolute atomic E-state index is 9.53. The molecule has 0 unspecified atom stereocenters. The maximum Gasteiger partial charge on any atom is 0.0591 e. The molecule has 2 nitrogen and oxygen atoms in total. The maximum atomic E-state index is 9.53. The van der Waals surface area contributed by atoms with E-state index in [1.165, 1.54) is 0 Å². The van der Waals surface area contributed by atoms with E-state index in [-0.39, 0.29) is 0 Å². The Morgan fingerprint density at radius 2 is 1.79 bits per heavy atom. The summed E-state index contributed by atoms with van der Waals surface area (Å²) in [6.45, 7) is 11.5. The first-order chi connectivity index (χ1) is 6.31. The Morgan fingerprint density at radius 1 is 1.21 bits per heavy atom. The molecule has 0 aromatic rings. The molecule has 0 saturated carbocycles. The molecule has 1 atom stereocenters. The van der Waals surface area contributed by atoms with Crippen LogP contribution in [0.1, 0.15) is 53.9 Å². The monoisotopic (exact) mass is 201 g/mol. The van der Waals surface area contributed by atoms with Gasteiger partial charge < -0.3 is 10.4 Å². The Labute approximate surface area is 89.1 Å². The topological polar surface area (TPSA) is 32.3 Å². The summed E-state index contributed by atoms with van der Waals surface area (Å²) in [5, 5.41) is 13.0. The van der Waals surface area contributed by atoms with Crippen LogP contribution in [0.15, 0.2) is 0 Å². The number of nitrogens with one attached hydrogen (secondary N) is 1. The molecular weight excluding hydrogens is 174 g/mol. The highest BCUT2D eigenvalue weighted by Crippen LogP contribution is 2.13. The minimum atomic E-state index is -0.502. The van der Waals surface area contributed by atoms with Crippen molar-refractivity contribution < 1.29 is 5.11 Å². The van der Waals surface area contributed by atoms with Crippen molar-refractivity contribution in [1.82, 2.24) is 5.32 Å². The van der Waals surface area contributed by atoms with E-state index < -0.39 is 5.60 Å². The van der Waals surface area contributed by atoms with Crippen molar-refractivity contribution in [3.05, 3.63) is 0 Å². The lowest BCUT2D eigenvalue weighted by Crippen LogP contribution is -2.30. The van der Waals surface area contributed by atoms with Gasteiger partial charge in [-0.1, -0.05) is 13.8 Å². The van der Waals surface area contributed by atoms with Gasteiger partial charge in [-0.2, -0.15) is 0 Å². The van der Waals surface area contributed by atoms with Gasteiger partial charge in [-0.05, 0) is 52.5 Å². The highest BCUT2D eigenvalue weighted by atomic mass is 16.3. The number of aliphatic hydroxyl groups is 1. The van der Waals surface area contributed by atoms with Crippen LogP contribution < -0.4 is 5.32 Å². The van der Waals surface area contributed by atoms with E-state index in [4.69, 9.17) is 0 Å². The highest BCUT2D eigenvalue weighted by molar-refractivity contribution is 4.68. The largest absolute Gasteiger partial charge is 0.390 e. The molecule has 0 spiro atoms. The Morgan fingerprint density at radius 3 is 2.21 bits per heavy atom. The van der Waals surface area contributed by atoms with Crippen molar-refractivity contribution in [2.75, 3.05) is 6.54 Å². The molecule has 0 amide bonds. The van der Waals surface area contributed by atoms with Gasteiger partial charge in [-0.3, -0.25) is 0 Å². The van der Waals surface area contributed by atoms with Crippen molar-refractivity contribution in [2.24, 2.45) is 5.92 Å². The second-order valence-electron chi connectivity index (χ2n) is 5.41. The molecule has 0 saturated heterocycles. The van der Waals surface area contributed by atoms with Crippen LogP contribution in [-0.4, -0.2) is 23.3 Å². The third-order valence-electron chi connectivity index (χ3n) is 2.30. The smallest absolute Gasteiger partial charge is 0.0591 e. The molecule has 0 heterocycles. The lowest BCUT2D eigenvalue weighted by molar-refractivity contribution is 0.0675. The molecule has 2 N–H and O–H groups in total. The van der Waals surface area contributed by atoms with Gasteiger partial charge in [-0.15, -0.1) is 0 Å². The van der Waals surface area contributed by atoms with Crippen LogP contribution in [-0.2, 0) is 0 Å². The van der Waals surface area contributed by atoms with Crippen LogP contribution in [0.4, 0.5) is 0 Å². The Balaban J connectivity index is 3.40. The summed E-state index contributed by atoms with van der Waals surface area (Å²) in [4.78, 5) is 0. The summed E-state index contributed by atoms with van der Waals surface area (Å²) < 4.78 is 0. The average molecular weight is 201 g/mol.